The Balaban J connectivity index is 1.57. The molecule has 134 valence electrons. The number of nitrogens with one attached hydrogen (secondary N) is 1. The molecule has 3 aromatic rings. The molecule has 1 saturated heterocycles. The van der Waals surface area contributed by atoms with Crippen molar-refractivity contribution in [3.8, 4) is 9.88 Å². The smallest absolute Gasteiger partial charge is 0.267 e. The monoisotopic (exact) mass is 387 g/mol. The van der Waals surface area contributed by atoms with Gasteiger partial charge in [-0.05, 0) is 49.4 Å². The Labute approximate surface area is 159 Å². The van der Waals surface area contributed by atoms with Crippen LogP contribution in [0.4, 0.5) is 15.8 Å². The van der Waals surface area contributed by atoms with Crippen LogP contribution in [0.2, 0.25) is 0 Å². The van der Waals surface area contributed by atoms with Crippen molar-refractivity contribution in [1.29, 1.82) is 0 Å². The van der Waals surface area contributed by atoms with Crippen LogP contribution in [0.1, 0.15) is 28.2 Å². The van der Waals surface area contributed by atoms with Gasteiger partial charge in [-0.1, -0.05) is 6.07 Å². The number of anilines is 2. The van der Waals surface area contributed by atoms with Crippen LogP contribution < -0.4 is 10.2 Å². The molecule has 4 nitrogen and oxygen atoms in total. The molecule has 3 heterocycles. The summed E-state index contributed by atoms with van der Waals surface area (Å²) in [5, 5.41) is 5.65. The van der Waals surface area contributed by atoms with Crippen molar-refractivity contribution in [1.82, 2.24) is 4.98 Å². The van der Waals surface area contributed by atoms with Crippen molar-refractivity contribution >= 4 is 40.0 Å². The molecule has 0 bridgehead atoms. The van der Waals surface area contributed by atoms with Crippen LogP contribution in [0.5, 0.6) is 0 Å². The second kappa shape index (κ2) is 7.17. The fourth-order valence-electron chi connectivity index (χ4n) is 3.10. The number of thiazole rings is 1. The van der Waals surface area contributed by atoms with E-state index in [9.17, 15) is 9.18 Å². The van der Waals surface area contributed by atoms with E-state index in [4.69, 9.17) is 0 Å². The number of hydrogen-bond donors (Lipinski definition) is 1. The summed E-state index contributed by atoms with van der Waals surface area (Å²) in [6.45, 7) is 3.67. The summed E-state index contributed by atoms with van der Waals surface area (Å²) in [4.78, 5) is 20.9. The topological polar surface area (TPSA) is 45.2 Å². The number of nitrogens with zero attached hydrogens (tertiary/aromatic N) is 2. The van der Waals surface area contributed by atoms with Crippen LogP contribution in [0.25, 0.3) is 9.88 Å². The number of rotatable bonds is 4. The molecule has 0 unspecified atom stereocenters. The molecule has 1 N–H and O–H groups in total. The first-order valence-electron chi connectivity index (χ1n) is 8.48. The number of aromatic nitrogens is 1. The molecule has 2 aromatic heterocycles. The Kier molecular flexibility index (Phi) is 4.74. The number of amides is 1. The van der Waals surface area contributed by atoms with E-state index in [-0.39, 0.29) is 11.7 Å². The summed E-state index contributed by atoms with van der Waals surface area (Å²) in [6, 6.07) is 8.66. The first kappa shape index (κ1) is 17.2. The Bertz CT molecular complexity index is 930. The molecule has 0 radical (unpaired) electrons. The number of thiophene rings is 1. The predicted molar refractivity (Wildman–Crippen MR) is 106 cm³/mol. The average molecular weight is 388 g/mol. The van der Waals surface area contributed by atoms with Crippen molar-refractivity contribution in [3.05, 3.63) is 52.1 Å². The predicted octanol–water partition coefficient (Wildman–Crippen LogP) is 5.17. The fourth-order valence-corrected chi connectivity index (χ4v) is 4.86. The molecule has 1 amide bonds. The number of halogens is 1. The third-order valence-electron chi connectivity index (χ3n) is 4.35. The highest BCUT2D eigenvalue weighted by Gasteiger charge is 2.18. The lowest BCUT2D eigenvalue weighted by molar-refractivity contribution is 0.103. The Morgan fingerprint density at radius 2 is 2.08 bits per heavy atom. The fraction of sp³-hybridized carbons (Fsp3) is 0.263. The van der Waals surface area contributed by atoms with Gasteiger partial charge in [0.25, 0.3) is 5.91 Å². The normalized spacial score (nSPS) is 14.0. The van der Waals surface area contributed by atoms with E-state index in [1.165, 1.54) is 23.5 Å². The highest BCUT2D eigenvalue weighted by molar-refractivity contribution is 7.22. The van der Waals surface area contributed by atoms with Crippen LogP contribution in [0.15, 0.2) is 35.7 Å². The molecule has 4 rings (SSSR count). The molecular formula is C19H18FN3OS2. The maximum atomic E-state index is 14.0. The zero-order valence-electron chi connectivity index (χ0n) is 14.3. The van der Waals surface area contributed by atoms with Crippen LogP contribution in [-0.2, 0) is 0 Å². The summed E-state index contributed by atoms with van der Waals surface area (Å²) in [6.07, 6.45) is 2.23. The lowest BCUT2D eigenvalue weighted by Gasteiger charge is -2.18. The van der Waals surface area contributed by atoms with Crippen molar-refractivity contribution in [3.63, 3.8) is 0 Å². The van der Waals surface area contributed by atoms with E-state index < -0.39 is 0 Å². The van der Waals surface area contributed by atoms with Crippen molar-refractivity contribution < 1.29 is 9.18 Å². The summed E-state index contributed by atoms with van der Waals surface area (Å²) in [7, 11) is 0. The van der Waals surface area contributed by atoms with Crippen LogP contribution in [0.3, 0.4) is 0 Å². The number of carbonyl (C=O) groups is 1. The van der Waals surface area contributed by atoms with Gasteiger partial charge in [-0.15, -0.1) is 22.7 Å². The first-order valence-corrected chi connectivity index (χ1v) is 10.2. The minimum Gasteiger partial charge on any atom is -0.371 e. The van der Waals surface area contributed by atoms with Gasteiger partial charge in [0.05, 0.1) is 10.6 Å². The highest BCUT2D eigenvalue weighted by atomic mass is 32.1. The van der Waals surface area contributed by atoms with Crippen molar-refractivity contribution in [2.45, 2.75) is 19.8 Å². The summed E-state index contributed by atoms with van der Waals surface area (Å²) in [5.74, 6) is -0.592. The molecule has 26 heavy (non-hydrogen) atoms. The molecule has 1 aliphatic heterocycles. The minimum atomic E-state index is -0.343. The van der Waals surface area contributed by atoms with Gasteiger partial charge in [0.1, 0.15) is 15.7 Å². The molecule has 0 spiro atoms. The van der Waals surface area contributed by atoms with E-state index in [1.807, 2.05) is 30.5 Å². The molecule has 1 aromatic carbocycles. The van der Waals surface area contributed by atoms with E-state index in [0.29, 0.717) is 16.3 Å². The first-order chi connectivity index (χ1) is 12.6. The maximum Gasteiger partial charge on any atom is 0.267 e. The molecule has 1 fully saturated rings. The number of carbonyl (C=O) groups excluding carboxylic acids is 1. The Morgan fingerprint density at radius 3 is 2.81 bits per heavy atom. The number of aryl methyl sites for hydroxylation is 1. The standard InChI is InChI=1S/C19H18FN3OS2/c1-12-17(26-19(21-12)16-5-4-8-25-16)18(24)22-14-9-13(20)10-15(11-14)23-6-2-3-7-23/h4-5,8-11H,2-3,6-7H2,1H3,(H,22,24). The third-order valence-corrected chi connectivity index (χ3v) is 6.54. The van der Waals surface area contributed by atoms with Gasteiger partial charge < -0.3 is 10.2 Å². The Hall–Kier alpha value is -2.25. The van der Waals surface area contributed by atoms with E-state index >= 15 is 0 Å². The van der Waals surface area contributed by atoms with Gasteiger partial charge in [-0.3, -0.25) is 4.79 Å². The van der Waals surface area contributed by atoms with Crippen LogP contribution in [0, 0.1) is 12.7 Å². The zero-order valence-corrected chi connectivity index (χ0v) is 15.9. The van der Waals surface area contributed by atoms with Crippen LogP contribution in [-0.4, -0.2) is 24.0 Å². The average Bonchev–Trinajstić information content (AvgIpc) is 3.36. The second-order valence-corrected chi connectivity index (χ2v) is 8.20. The van der Waals surface area contributed by atoms with Gasteiger partial charge in [0, 0.05) is 24.5 Å². The largest absolute Gasteiger partial charge is 0.371 e. The summed E-state index contributed by atoms with van der Waals surface area (Å²) < 4.78 is 14.0. The van der Waals surface area contributed by atoms with Crippen molar-refractivity contribution in [2.75, 3.05) is 23.3 Å². The van der Waals surface area contributed by atoms with Gasteiger partial charge >= 0.3 is 0 Å². The maximum absolute atomic E-state index is 14.0. The molecular weight excluding hydrogens is 369 g/mol. The number of benzene rings is 1. The highest BCUT2D eigenvalue weighted by Crippen LogP contribution is 2.32. The molecule has 7 heteroatoms. The summed E-state index contributed by atoms with van der Waals surface area (Å²) in [5.41, 5.74) is 1.98. The SMILES string of the molecule is Cc1nc(-c2cccs2)sc1C(=O)Nc1cc(F)cc(N2CCCC2)c1. The molecule has 0 aliphatic carbocycles. The summed E-state index contributed by atoms with van der Waals surface area (Å²) >= 11 is 2.95. The van der Waals surface area contributed by atoms with Gasteiger partial charge in [0.15, 0.2) is 0 Å². The second-order valence-electron chi connectivity index (χ2n) is 6.26. The van der Waals surface area contributed by atoms with Gasteiger partial charge in [-0.25, -0.2) is 9.37 Å². The molecule has 0 saturated carbocycles. The quantitative estimate of drug-likeness (QED) is 0.672. The van der Waals surface area contributed by atoms with E-state index in [0.717, 1.165) is 41.5 Å². The molecule has 1 aliphatic rings. The Morgan fingerprint density at radius 1 is 1.27 bits per heavy atom. The number of hydrogen-bond acceptors (Lipinski definition) is 5. The lowest BCUT2D eigenvalue weighted by atomic mass is 10.2. The van der Waals surface area contributed by atoms with E-state index in [2.05, 4.69) is 15.2 Å². The minimum absolute atomic E-state index is 0.249. The van der Waals surface area contributed by atoms with Gasteiger partial charge in [-0.2, -0.15) is 0 Å². The molecule has 0 atom stereocenters. The van der Waals surface area contributed by atoms with Crippen molar-refractivity contribution in [2.24, 2.45) is 0 Å². The lowest BCUT2D eigenvalue weighted by Crippen LogP contribution is -2.18. The van der Waals surface area contributed by atoms with Crippen LogP contribution >= 0.6 is 22.7 Å². The van der Waals surface area contributed by atoms with E-state index in [1.54, 1.807) is 11.3 Å². The van der Waals surface area contributed by atoms with Gasteiger partial charge in [0.2, 0.25) is 0 Å². The zero-order chi connectivity index (χ0) is 18.1. The third kappa shape index (κ3) is 3.50.